The molecule has 9 nitrogen and oxygen atoms in total. The number of aliphatic hydroxyl groups excluding tert-OH is 1. The van der Waals surface area contributed by atoms with E-state index in [0.29, 0.717) is 41.6 Å². The second-order valence-corrected chi connectivity index (χ2v) is 10.2. The summed E-state index contributed by atoms with van der Waals surface area (Å²) >= 11 is 5.97. The molecule has 37 heavy (non-hydrogen) atoms. The molecule has 2 unspecified atom stereocenters. The third-order valence-electron chi connectivity index (χ3n) is 7.57. The van der Waals surface area contributed by atoms with E-state index in [9.17, 15) is 19.5 Å². The lowest BCUT2D eigenvalue weighted by Crippen LogP contribution is -2.55. The first kappa shape index (κ1) is 25.5. The second-order valence-electron chi connectivity index (χ2n) is 9.78. The van der Waals surface area contributed by atoms with Crippen LogP contribution < -0.4 is 15.4 Å². The number of anilines is 2. The maximum atomic E-state index is 13.8. The van der Waals surface area contributed by atoms with Gasteiger partial charge in [-0.2, -0.15) is 0 Å². The third-order valence-corrected chi connectivity index (χ3v) is 7.82. The van der Waals surface area contributed by atoms with Gasteiger partial charge in [-0.1, -0.05) is 11.6 Å². The number of nitrogens with one attached hydrogen (secondary N) is 2. The molecule has 6 atom stereocenters. The summed E-state index contributed by atoms with van der Waals surface area (Å²) in [7, 11) is 0. The molecular formula is C27H30ClN3O6. The number of likely N-dealkylation sites (tertiary alicyclic amines) is 1. The van der Waals surface area contributed by atoms with Gasteiger partial charge in [-0.25, -0.2) is 0 Å². The largest absolute Gasteiger partial charge is 0.494 e. The van der Waals surface area contributed by atoms with Crippen molar-refractivity contribution < 1.29 is 29.0 Å². The van der Waals surface area contributed by atoms with E-state index in [-0.39, 0.29) is 18.4 Å². The smallest absolute Gasteiger partial charge is 0.250 e. The van der Waals surface area contributed by atoms with Gasteiger partial charge in [0.15, 0.2) is 0 Å². The molecule has 2 aromatic carbocycles. The highest BCUT2D eigenvalue weighted by Crippen LogP contribution is 2.59. The molecule has 2 bridgehead atoms. The van der Waals surface area contributed by atoms with Gasteiger partial charge in [0.25, 0.3) is 0 Å². The van der Waals surface area contributed by atoms with Crippen LogP contribution in [0.1, 0.15) is 26.7 Å². The Morgan fingerprint density at radius 2 is 1.76 bits per heavy atom. The molecule has 1 spiro atoms. The molecule has 3 amide bonds. The zero-order valence-electron chi connectivity index (χ0n) is 20.6. The predicted octanol–water partition coefficient (Wildman–Crippen LogP) is 3.07. The van der Waals surface area contributed by atoms with Crippen LogP contribution >= 0.6 is 11.6 Å². The van der Waals surface area contributed by atoms with Gasteiger partial charge in [0.05, 0.1) is 37.2 Å². The summed E-state index contributed by atoms with van der Waals surface area (Å²) in [5, 5.41) is 16.2. The van der Waals surface area contributed by atoms with Gasteiger partial charge >= 0.3 is 0 Å². The summed E-state index contributed by atoms with van der Waals surface area (Å²) in [6.07, 6.45) is 0.542. The maximum absolute atomic E-state index is 13.8. The molecule has 3 saturated heterocycles. The number of amides is 3. The van der Waals surface area contributed by atoms with Gasteiger partial charge in [-0.3, -0.25) is 14.4 Å². The molecule has 0 radical (unpaired) electrons. The molecular weight excluding hydrogens is 498 g/mol. The molecule has 0 aromatic heterocycles. The van der Waals surface area contributed by atoms with Crippen LogP contribution in [0.3, 0.4) is 0 Å². The fourth-order valence-electron chi connectivity index (χ4n) is 6.02. The minimum atomic E-state index is -1.15. The van der Waals surface area contributed by atoms with Crippen molar-refractivity contribution >= 4 is 40.7 Å². The number of carbonyl (C=O) groups is 3. The van der Waals surface area contributed by atoms with Crippen LogP contribution in [0.2, 0.25) is 5.02 Å². The van der Waals surface area contributed by atoms with Crippen molar-refractivity contribution in [1.29, 1.82) is 0 Å². The maximum Gasteiger partial charge on any atom is 0.250 e. The van der Waals surface area contributed by atoms with E-state index in [2.05, 4.69) is 10.6 Å². The average molecular weight is 528 g/mol. The van der Waals surface area contributed by atoms with Crippen molar-refractivity contribution in [2.24, 2.45) is 11.8 Å². The molecule has 2 aromatic rings. The van der Waals surface area contributed by atoms with E-state index in [4.69, 9.17) is 21.1 Å². The number of aliphatic hydroxyl groups is 1. The fourth-order valence-corrected chi connectivity index (χ4v) is 6.15. The van der Waals surface area contributed by atoms with Crippen molar-refractivity contribution in [3.05, 3.63) is 53.6 Å². The van der Waals surface area contributed by atoms with Crippen molar-refractivity contribution in [2.75, 3.05) is 23.8 Å². The lowest BCUT2D eigenvalue weighted by Gasteiger charge is -2.35. The molecule has 196 valence electrons. The van der Waals surface area contributed by atoms with Crippen molar-refractivity contribution in [1.82, 2.24) is 4.90 Å². The van der Waals surface area contributed by atoms with Crippen LogP contribution in [0.25, 0.3) is 0 Å². The van der Waals surface area contributed by atoms with E-state index in [1.807, 2.05) is 6.92 Å². The number of halogens is 1. The van der Waals surface area contributed by atoms with E-state index >= 15 is 0 Å². The number of hydrogen-bond acceptors (Lipinski definition) is 6. The zero-order valence-corrected chi connectivity index (χ0v) is 21.4. The van der Waals surface area contributed by atoms with Crippen LogP contribution in [-0.4, -0.2) is 64.7 Å². The minimum absolute atomic E-state index is 0.328. The van der Waals surface area contributed by atoms with Gasteiger partial charge < -0.3 is 30.1 Å². The third kappa shape index (κ3) is 4.35. The Bertz CT molecular complexity index is 1190. The Morgan fingerprint density at radius 3 is 2.38 bits per heavy atom. The minimum Gasteiger partial charge on any atom is -0.494 e. The van der Waals surface area contributed by atoms with Gasteiger partial charge in [0, 0.05) is 16.4 Å². The van der Waals surface area contributed by atoms with Gasteiger partial charge in [-0.05, 0) is 75.2 Å². The quantitative estimate of drug-likeness (QED) is 0.486. The summed E-state index contributed by atoms with van der Waals surface area (Å²) in [6, 6.07) is 12.0. The van der Waals surface area contributed by atoms with Crippen molar-refractivity contribution in [3.63, 3.8) is 0 Å². The number of rotatable bonds is 8. The van der Waals surface area contributed by atoms with Crippen LogP contribution in [-0.2, 0) is 19.1 Å². The van der Waals surface area contributed by atoms with Crippen LogP contribution in [0.4, 0.5) is 11.4 Å². The normalized spacial score (nSPS) is 28.6. The highest BCUT2D eigenvalue weighted by molar-refractivity contribution is 6.30. The Hall–Kier alpha value is -3.14. The number of ether oxygens (including phenoxy) is 2. The summed E-state index contributed by atoms with van der Waals surface area (Å²) in [5.74, 6) is -2.00. The fraction of sp³-hybridized carbons (Fsp3) is 0.444. The Balaban J connectivity index is 1.43. The predicted molar refractivity (Wildman–Crippen MR) is 137 cm³/mol. The standard InChI is InChI=1S/C27H30ClN3O6/c1-3-36-19-10-8-18(9-11-19)29-24(33)21-20-12-13-27(37-20)22(21)26(35)31(15(2)14-32)23(27)25(34)30-17-6-4-16(28)5-7-17/h4-11,15,20-23,32H,3,12-14H2,1-2H3,(H,29,33)(H,30,34)/t15-,20+,21-,22+,23?,27?/m1/s1. The first-order chi connectivity index (χ1) is 17.8. The Kier molecular flexibility index (Phi) is 6.87. The topological polar surface area (TPSA) is 117 Å². The summed E-state index contributed by atoms with van der Waals surface area (Å²) in [6.45, 7) is 3.78. The highest BCUT2D eigenvalue weighted by Gasteiger charge is 2.74. The number of hydrogen-bond donors (Lipinski definition) is 3. The van der Waals surface area contributed by atoms with Crippen molar-refractivity contribution in [3.8, 4) is 5.75 Å². The SMILES string of the molecule is CCOc1ccc(NC(=O)[C@@H]2[C@@H]3CCC4(O3)C(C(=O)Nc3ccc(Cl)cc3)N([C@H](C)CO)C(=O)[C@H]24)cc1. The molecule has 5 rings (SSSR count). The number of nitrogens with zero attached hydrogens (tertiary/aromatic N) is 1. The molecule has 3 aliphatic heterocycles. The van der Waals surface area contributed by atoms with Gasteiger partial charge in [0.2, 0.25) is 17.7 Å². The van der Waals surface area contributed by atoms with E-state index in [1.54, 1.807) is 55.5 Å². The molecule has 10 heteroatoms. The lowest BCUT2D eigenvalue weighted by atomic mass is 9.70. The molecule has 3 N–H and O–H groups in total. The number of carbonyl (C=O) groups excluding carboxylic acids is 3. The zero-order chi connectivity index (χ0) is 26.3. The Labute approximate surface area is 220 Å². The van der Waals surface area contributed by atoms with E-state index < -0.39 is 41.5 Å². The molecule has 0 aliphatic carbocycles. The van der Waals surface area contributed by atoms with Gasteiger partial charge in [0.1, 0.15) is 17.4 Å². The first-order valence-corrected chi connectivity index (χ1v) is 12.9. The number of benzene rings is 2. The highest BCUT2D eigenvalue weighted by atomic mass is 35.5. The average Bonchev–Trinajstić information content (AvgIpc) is 3.53. The van der Waals surface area contributed by atoms with Crippen molar-refractivity contribution in [2.45, 2.75) is 50.5 Å². The molecule has 3 aliphatic rings. The molecule has 3 fully saturated rings. The summed E-state index contributed by atoms with van der Waals surface area (Å²) < 4.78 is 11.8. The first-order valence-electron chi connectivity index (χ1n) is 12.5. The summed E-state index contributed by atoms with van der Waals surface area (Å²) in [4.78, 5) is 42.3. The summed E-state index contributed by atoms with van der Waals surface area (Å²) in [5.41, 5.74) is -0.0494. The second kappa shape index (κ2) is 9.96. The Morgan fingerprint density at radius 1 is 1.14 bits per heavy atom. The monoisotopic (exact) mass is 527 g/mol. The molecule has 0 saturated carbocycles. The van der Waals surface area contributed by atoms with E-state index in [1.165, 1.54) is 4.90 Å². The lowest BCUT2D eigenvalue weighted by molar-refractivity contribution is -0.142. The van der Waals surface area contributed by atoms with Crippen LogP contribution in [0.5, 0.6) is 5.75 Å². The molecule has 3 heterocycles. The van der Waals surface area contributed by atoms with Crippen LogP contribution in [0.15, 0.2) is 48.5 Å². The number of fused-ring (bicyclic) bond motifs is 1. The van der Waals surface area contributed by atoms with Crippen LogP contribution in [0, 0.1) is 11.8 Å². The van der Waals surface area contributed by atoms with E-state index in [0.717, 1.165) is 0 Å². The van der Waals surface area contributed by atoms with Gasteiger partial charge in [-0.15, -0.1) is 0 Å².